The first kappa shape index (κ1) is 24.0. The zero-order valence-electron chi connectivity index (χ0n) is 19.3. The number of carbonyl (C=O) groups excluding carboxylic acids is 1. The first-order chi connectivity index (χ1) is 16.4. The highest BCUT2D eigenvalue weighted by Crippen LogP contribution is 2.36. The van der Waals surface area contributed by atoms with Crippen LogP contribution in [-0.4, -0.2) is 72.6 Å². The molecule has 0 spiro atoms. The fourth-order valence-electron chi connectivity index (χ4n) is 3.95. The number of halogens is 2. The molecule has 0 radical (unpaired) electrons. The number of carbonyl (C=O) groups is 1. The molecule has 180 valence electrons. The van der Waals surface area contributed by atoms with E-state index in [0.29, 0.717) is 47.9 Å². The minimum absolute atomic E-state index is 0.0136. The molecule has 1 aromatic heterocycles. The van der Waals surface area contributed by atoms with E-state index in [-0.39, 0.29) is 22.7 Å². The van der Waals surface area contributed by atoms with E-state index >= 15 is 0 Å². The third-order valence-electron chi connectivity index (χ3n) is 5.60. The van der Waals surface area contributed by atoms with Gasteiger partial charge in [-0.25, -0.2) is 14.4 Å². The van der Waals surface area contributed by atoms with Crippen LogP contribution in [0.1, 0.15) is 12.8 Å². The van der Waals surface area contributed by atoms with Crippen molar-refractivity contribution in [3.63, 3.8) is 0 Å². The number of hydrogen-bond acceptors (Lipinski definition) is 7. The van der Waals surface area contributed by atoms with Crippen molar-refractivity contribution in [1.29, 1.82) is 0 Å². The lowest BCUT2D eigenvalue weighted by atomic mass is 10.1. The highest BCUT2D eigenvalue weighted by molar-refractivity contribution is 6.31. The molecule has 1 saturated heterocycles. The third kappa shape index (κ3) is 5.31. The van der Waals surface area contributed by atoms with E-state index in [9.17, 15) is 9.18 Å². The van der Waals surface area contributed by atoms with Crippen LogP contribution in [-0.2, 0) is 4.79 Å². The molecule has 4 rings (SSSR count). The lowest BCUT2D eigenvalue weighted by molar-refractivity contribution is -0.134. The van der Waals surface area contributed by atoms with E-state index < -0.39 is 5.82 Å². The van der Waals surface area contributed by atoms with Gasteiger partial charge in [-0.2, -0.15) is 0 Å². The lowest BCUT2D eigenvalue weighted by Crippen LogP contribution is -2.47. The Labute approximate surface area is 202 Å². The fraction of sp³-hybridized carbons (Fsp3) is 0.375. The Morgan fingerprint density at radius 2 is 2.12 bits per heavy atom. The molecule has 1 N–H and O–H groups in total. The highest BCUT2D eigenvalue weighted by Gasteiger charge is 2.26. The molecule has 10 heteroatoms. The van der Waals surface area contributed by atoms with Gasteiger partial charge < -0.3 is 24.6 Å². The van der Waals surface area contributed by atoms with Gasteiger partial charge in [-0.05, 0) is 45.1 Å². The topological polar surface area (TPSA) is 79.8 Å². The number of nitrogens with zero attached hydrogens (tertiary/aromatic N) is 4. The summed E-state index contributed by atoms with van der Waals surface area (Å²) in [5.41, 5.74) is 0.809. The number of amides is 1. The van der Waals surface area contributed by atoms with Gasteiger partial charge in [0, 0.05) is 18.0 Å². The van der Waals surface area contributed by atoms with Crippen molar-refractivity contribution in [3.05, 3.63) is 47.5 Å². The lowest BCUT2D eigenvalue weighted by Gasteiger charge is -2.33. The Morgan fingerprint density at radius 3 is 2.88 bits per heavy atom. The molecule has 34 heavy (non-hydrogen) atoms. The molecule has 1 aliphatic heterocycles. The molecule has 0 saturated carbocycles. The summed E-state index contributed by atoms with van der Waals surface area (Å²) < 4.78 is 26.3. The van der Waals surface area contributed by atoms with Crippen LogP contribution in [0.25, 0.3) is 10.9 Å². The van der Waals surface area contributed by atoms with Gasteiger partial charge in [0.05, 0.1) is 36.4 Å². The molecule has 0 bridgehead atoms. The Balaban J connectivity index is 1.62. The maximum Gasteiger partial charge on any atom is 0.236 e. The monoisotopic (exact) mass is 487 g/mol. The Kier molecular flexibility index (Phi) is 7.33. The number of nitrogens with one attached hydrogen (secondary N) is 1. The molecule has 1 fully saturated rings. The van der Waals surface area contributed by atoms with E-state index in [4.69, 9.17) is 21.1 Å². The van der Waals surface area contributed by atoms with Crippen LogP contribution in [0.5, 0.6) is 11.5 Å². The van der Waals surface area contributed by atoms with Crippen LogP contribution >= 0.6 is 11.6 Å². The maximum absolute atomic E-state index is 14.5. The standard InChI is InChI=1S/C24H27ClFN5O3/c1-30(2)13-22(32)31-9-5-6-15(12-31)34-21-10-16-19(11-20(21)33-3)27-14-28-24(16)29-18-8-4-7-17(25)23(18)26/h4,7-8,10-11,14-15H,5-6,9,12-13H2,1-3H3,(H,27,28,29)/t15-/m0/s1. The van der Waals surface area contributed by atoms with Gasteiger partial charge >= 0.3 is 0 Å². The number of fused-ring (bicyclic) bond motifs is 1. The van der Waals surface area contributed by atoms with Gasteiger partial charge in [0.1, 0.15) is 18.2 Å². The summed E-state index contributed by atoms with van der Waals surface area (Å²) >= 11 is 5.92. The summed E-state index contributed by atoms with van der Waals surface area (Å²) in [6.07, 6.45) is 2.88. The highest BCUT2D eigenvalue weighted by atomic mass is 35.5. The second-order valence-corrected chi connectivity index (χ2v) is 8.84. The van der Waals surface area contributed by atoms with Gasteiger partial charge in [-0.15, -0.1) is 0 Å². The maximum atomic E-state index is 14.5. The molecular weight excluding hydrogens is 461 g/mol. The molecule has 1 aliphatic rings. The van der Waals surface area contributed by atoms with Crippen molar-refractivity contribution < 1.29 is 18.7 Å². The number of hydrogen-bond donors (Lipinski definition) is 1. The van der Waals surface area contributed by atoms with Crippen molar-refractivity contribution in [2.45, 2.75) is 18.9 Å². The summed E-state index contributed by atoms with van der Waals surface area (Å²) in [5, 5.41) is 3.65. The minimum atomic E-state index is -0.564. The van der Waals surface area contributed by atoms with Crippen molar-refractivity contribution in [1.82, 2.24) is 19.8 Å². The number of aromatic nitrogens is 2. The number of likely N-dealkylation sites (N-methyl/N-ethyl adjacent to an activating group) is 1. The van der Waals surface area contributed by atoms with Crippen molar-refractivity contribution >= 4 is 39.9 Å². The van der Waals surface area contributed by atoms with Crippen LogP contribution in [0.3, 0.4) is 0 Å². The minimum Gasteiger partial charge on any atom is -0.493 e. The predicted molar refractivity (Wildman–Crippen MR) is 130 cm³/mol. The van der Waals surface area contributed by atoms with Gasteiger partial charge in [-0.3, -0.25) is 4.79 Å². The smallest absolute Gasteiger partial charge is 0.236 e. The van der Waals surface area contributed by atoms with Gasteiger partial charge in [0.2, 0.25) is 5.91 Å². The Morgan fingerprint density at radius 1 is 1.29 bits per heavy atom. The quantitative estimate of drug-likeness (QED) is 0.537. The number of methoxy groups -OCH3 is 1. The molecule has 8 nitrogen and oxygen atoms in total. The van der Waals surface area contributed by atoms with Gasteiger partial charge in [0.15, 0.2) is 17.3 Å². The molecule has 1 atom stereocenters. The van der Waals surface area contributed by atoms with E-state index in [2.05, 4.69) is 15.3 Å². The second kappa shape index (κ2) is 10.4. The van der Waals surface area contributed by atoms with Crippen LogP contribution in [0, 0.1) is 5.82 Å². The number of ether oxygens (including phenoxy) is 2. The molecular formula is C24H27ClFN5O3. The first-order valence-corrected chi connectivity index (χ1v) is 11.4. The summed E-state index contributed by atoms with van der Waals surface area (Å²) in [4.78, 5) is 24.8. The van der Waals surface area contributed by atoms with Crippen LogP contribution < -0.4 is 14.8 Å². The normalized spacial score (nSPS) is 16.1. The average molecular weight is 488 g/mol. The molecule has 0 aliphatic carbocycles. The van der Waals surface area contributed by atoms with Crippen molar-refractivity contribution in [2.75, 3.05) is 46.2 Å². The number of anilines is 2. The van der Waals surface area contributed by atoms with Gasteiger partial charge in [-0.1, -0.05) is 17.7 Å². The fourth-order valence-corrected chi connectivity index (χ4v) is 4.13. The zero-order chi connectivity index (χ0) is 24.2. The molecule has 1 amide bonds. The second-order valence-electron chi connectivity index (χ2n) is 8.43. The first-order valence-electron chi connectivity index (χ1n) is 11.0. The summed E-state index contributed by atoms with van der Waals surface area (Å²) in [6, 6.07) is 8.25. The van der Waals surface area contributed by atoms with Crippen LogP contribution in [0.2, 0.25) is 5.02 Å². The number of benzene rings is 2. The van der Waals surface area contributed by atoms with E-state index in [0.717, 1.165) is 12.8 Å². The van der Waals surface area contributed by atoms with E-state index in [1.165, 1.54) is 12.4 Å². The number of rotatable bonds is 7. The van der Waals surface area contributed by atoms with Gasteiger partial charge in [0.25, 0.3) is 0 Å². The van der Waals surface area contributed by atoms with Crippen LogP contribution in [0.4, 0.5) is 15.9 Å². The number of piperidine rings is 1. The molecule has 3 aromatic rings. The summed E-state index contributed by atoms with van der Waals surface area (Å²) in [7, 11) is 5.31. The van der Waals surface area contributed by atoms with E-state index in [1.54, 1.807) is 31.4 Å². The van der Waals surface area contributed by atoms with Crippen molar-refractivity contribution in [3.8, 4) is 11.5 Å². The third-order valence-corrected chi connectivity index (χ3v) is 5.89. The zero-order valence-corrected chi connectivity index (χ0v) is 20.1. The molecule has 0 unspecified atom stereocenters. The SMILES string of the molecule is COc1cc2ncnc(Nc3cccc(Cl)c3F)c2cc1O[C@H]1CCCN(C(=O)CN(C)C)C1. The Bertz CT molecular complexity index is 1190. The largest absolute Gasteiger partial charge is 0.493 e. The molecule has 2 heterocycles. The molecule has 2 aromatic carbocycles. The van der Waals surface area contributed by atoms with E-state index in [1.807, 2.05) is 23.9 Å². The van der Waals surface area contributed by atoms with Crippen molar-refractivity contribution in [2.24, 2.45) is 0 Å². The summed E-state index contributed by atoms with van der Waals surface area (Å²) in [5.74, 6) is 0.942. The van der Waals surface area contributed by atoms with Crippen LogP contribution in [0.15, 0.2) is 36.7 Å². The Hall–Kier alpha value is -3.17. The average Bonchev–Trinajstić information content (AvgIpc) is 2.81. The summed E-state index contributed by atoms with van der Waals surface area (Å²) in [6.45, 7) is 1.57. The predicted octanol–water partition coefficient (Wildman–Crippen LogP) is 4.11. The number of likely N-dealkylation sites (tertiary alicyclic amines) is 1.